The van der Waals surface area contributed by atoms with Crippen molar-refractivity contribution in [1.29, 1.82) is 0 Å². The Morgan fingerprint density at radius 3 is 2.83 bits per heavy atom. The predicted molar refractivity (Wildman–Crippen MR) is 72.3 cm³/mol. The molecule has 0 radical (unpaired) electrons. The van der Waals surface area contributed by atoms with Gasteiger partial charge < -0.3 is 5.11 Å². The van der Waals surface area contributed by atoms with E-state index in [1.54, 1.807) is 11.8 Å². The molecule has 0 saturated carbocycles. The summed E-state index contributed by atoms with van der Waals surface area (Å²) in [5.41, 5.74) is -0.0392. The molecule has 0 saturated heterocycles. The van der Waals surface area contributed by atoms with Gasteiger partial charge in [-0.05, 0) is 36.1 Å². The highest BCUT2D eigenvalue weighted by Crippen LogP contribution is 2.16. The highest BCUT2D eigenvalue weighted by molar-refractivity contribution is 7.99. The molecule has 18 heavy (non-hydrogen) atoms. The van der Waals surface area contributed by atoms with E-state index in [2.05, 4.69) is 0 Å². The van der Waals surface area contributed by atoms with Crippen LogP contribution in [0.15, 0.2) is 23.1 Å². The van der Waals surface area contributed by atoms with Crippen molar-refractivity contribution < 1.29 is 18.5 Å². The van der Waals surface area contributed by atoms with Crippen LogP contribution in [0, 0.1) is 5.82 Å². The van der Waals surface area contributed by atoms with Crippen LogP contribution in [0.1, 0.15) is 23.7 Å². The lowest BCUT2D eigenvalue weighted by molar-refractivity contribution is 0.0696. The molecule has 6 heteroatoms. The SMILES string of the molecule is CCSCCCS(=O)c1cc(C(=O)O)ccc1F. The third kappa shape index (κ3) is 4.42. The molecule has 1 aromatic rings. The number of aromatic carboxylic acids is 1. The molecular formula is C12H15FO3S2. The summed E-state index contributed by atoms with van der Waals surface area (Å²) in [4.78, 5) is 10.7. The van der Waals surface area contributed by atoms with Crippen LogP contribution in [0.4, 0.5) is 4.39 Å². The number of benzene rings is 1. The number of carboxylic acids is 1. The van der Waals surface area contributed by atoms with E-state index in [-0.39, 0.29) is 10.5 Å². The number of hydrogen-bond acceptors (Lipinski definition) is 3. The molecule has 1 atom stereocenters. The van der Waals surface area contributed by atoms with Crippen LogP contribution < -0.4 is 0 Å². The fourth-order valence-electron chi connectivity index (χ4n) is 1.36. The topological polar surface area (TPSA) is 54.4 Å². The van der Waals surface area contributed by atoms with E-state index in [0.717, 1.165) is 30.1 Å². The van der Waals surface area contributed by atoms with Gasteiger partial charge in [-0.15, -0.1) is 0 Å². The van der Waals surface area contributed by atoms with E-state index >= 15 is 0 Å². The van der Waals surface area contributed by atoms with Crippen molar-refractivity contribution in [2.45, 2.75) is 18.2 Å². The van der Waals surface area contributed by atoms with E-state index < -0.39 is 22.6 Å². The van der Waals surface area contributed by atoms with Gasteiger partial charge in [-0.2, -0.15) is 11.8 Å². The van der Waals surface area contributed by atoms with Crippen molar-refractivity contribution in [2.75, 3.05) is 17.3 Å². The Hall–Kier alpha value is -0.880. The highest BCUT2D eigenvalue weighted by atomic mass is 32.2. The second kappa shape index (κ2) is 7.53. The largest absolute Gasteiger partial charge is 0.478 e. The van der Waals surface area contributed by atoms with Crippen LogP contribution in [-0.4, -0.2) is 32.5 Å². The lowest BCUT2D eigenvalue weighted by Gasteiger charge is -2.05. The Morgan fingerprint density at radius 2 is 2.22 bits per heavy atom. The summed E-state index contributed by atoms with van der Waals surface area (Å²) in [6.07, 6.45) is 0.724. The molecule has 1 N–H and O–H groups in total. The van der Waals surface area contributed by atoms with Crippen LogP contribution in [-0.2, 0) is 10.8 Å². The molecule has 0 amide bonds. The molecule has 1 rings (SSSR count). The molecule has 0 aliphatic heterocycles. The van der Waals surface area contributed by atoms with Gasteiger partial charge in [-0.1, -0.05) is 6.92 Å². The first-order chi connectivity index (χ1) is 8.56. The van der Waals surface area contributed by atoms with Crippen molar-refractivity contribution in [2.24, 2.45) is 0 Å². The Labute approximate surface area is 112 Å². The summed E-state index contributed by atoms with van der Waals surface area (Å²) in [5, 5.41) is 8.80. The molecule has 0 bridgehead atoms. The van der Waals surface area contributed by atoms with Crippen molar-refractivity contribution in [3.63, 3.8) is 0 Å². The lowest BCUT2D eigenvalue weighted by atomic mass is 10.2. The van der Waals surface area contributed by atoms with Crippen LogP contribution in [0.2, 0.25) is 0 Å². The van der Waals surface area contributed by atoms with Gasteiger partial charge in [0, 0.05) is 5.75 Å². The standard InChI is InChI=1S/C12H15FO3S2/c1-2-17-6-3-7-18(16)11-8-9(12(14)15)4-5-10(11)13/h4-5,8H,2-3,6-7H2,1H3,(H,14,15). The van der Waals surface area contributed by atoms with Crippen LogP contribution >= 0.6 is 11.8 Å². The van der Waals surface area contributed by atoms with E-state index in [4.69, 9.17) is 5.11 Å². The average Bonchev–Trinajstić information content (AvgIpc) is 2.34. The first-order valence-electron chi connectivity index (χ1n) is 5.55. The molecule has 0 aliphatic rings. The number of carboxylic acid groups (broad SMARTS) is 1. The number of hydrogen-bond donors (Lipinski definition) is 1. The number of thioether (sulfide) groups is 1. The minimum absolute atomic E-state index is 0.0172. The van der Waals surface area contributed by atoms with Gasteiger partial charge in [0.25, 0.3) is 0 Å². The lowest BCUT2D eigenvalue weighted by Crippen LogP contribution is -2.05. The fourth-order valence-corrected chi connectivity index (χ4v) is 3.35. The van der Waals surface area contributed by atoms with Crippen LogP contribution in [0.5, 0.6) is 0 Å². The van der Waals surface area contributed by atoms with Gasteiger partial charge in [0.15, 0.2) is 0 Å². The minimum Gasteiger partial charge on any atom is -0.478 e. The molecule has 0 fully saturated rings. The third-order valence-corrected chi connectivity index (χ3v) is 4.69. The summed E-state index contributed by atoms with van der Waals surface area (Å²) in [6.45, 7) is 2.04. The van der Waals surface area contributed by atoms with E-state index in [0.29, 0.717) is 5.75 Å². The Balaban J connectivity index is 2.72. The first-order valence-corrected chi connectivity index (χ1v) is 8.02. The van der Waals surface area contributed by atoms with Crippen molar-refractivity contribution in [3.05, 3.63) is 29.6 Å². The molecular weight excluding hydrogens is 275 g/mol. The van der Waals surface area contributed by atoms with Gasteiger partial charge in [0.1, 0.15) is 5.82 Å². The van der Waals surface area contributed by atoms with Crippen LogP contribution in [0.25, 0.3) is 0 Å². The van der Waals surface area contributed by atoms with Gasteiger partial charge in [-0.25, -0.2) is 9.18 Å². The zero-order valence-corrected chi connectivity index (χ0v) is 11.7. The Bertz CT molecular complexity index is 449. The second-order valence-corrected chi connectivity index (χ2v) is 6.48. The molecule has 3 nitrogen and oxygen atoms in total. The van der Waals surface area contributed by atoms with Gasteiger partial charge in [-0.3, -0.25) is 4.21 Å². The summed E-state index contributed by atoms with van der Waals surface area (Å²) in [7, 11) is -1.48. The third-order valence-electron chi connectivity index (χ3n) is 2.25. The molecule has 0 aliphatic carbocycles. The van der Waals surface area contributed by atoms with Gasteiger partial charge in [0.2, 0.25) is 0 Å². The maximum atomic E-state index is 13.5. The summed E-state index contributed by atoms with van der Waals surface area (Å²) >= 11 is 1.74. The molecule has 100 valence electrons. The maximum Gasteiger partial charge on any atom is 0.335 e. The van der Waals surface area contributed by atoms with E-state index in [1.165, 1.54) is 6.07 Å². The second-order valence-electron chi connectivity index (χ2n) is 3.55. The smallest absolute Gasteiger partial charge is 0.335 e. The zero-order valence-electron chi connectivity index (χ0n) is 10.0. The zero-order chi connectivity index (χ0) is 13.5. The highest BCUT2D eigenvalue weighted by Gasteiger charge is 2.13. The predicted octanol–water partition coefficient (Wildman–Crippen LogP) is 2.77. The van der Waals surface area contributed by atoms with E-state index in [1.807, 2.05) is 6.92 Å². The average molecular weight is 290 g/mol. The monoisotopic (exact) mass is 290 g/mol. The van der Waals surface area contributed by atoms with E-state index in [9.17, 15) is 13.4 Å². The molecule has 1 unspecified atom stereocenters. The number of rotatable bonds is 7. The Kier molecular flexibility index (Phi) is 6.35. The summed E-state index contributed by atoms with van der Waals surface area (Å²) < 4.78 is 25.3. The summed E-state index contributed by atoms with van der Waals surface area (Å²) in [6, 6.07) is 3.38. The first kappa shape index (κ1) is 15.2. The van der Waals surface area contributed by atoms with Crippen molar-refractivity contribution >= 4 is 28.5 Å². The van der Waals surface area contributed by atoms with Gasteiger partial charge in [0.05, 0.1) is 21.3 Å². The summed E-state index contributed by atoms with van der Waals surface area (Å²) in [5.74, 6) is 0.474. The molecule has 1 aromatic carbocycles. The maximum absolute atomic E-state index is 13.5. The Morgan fingerprint density at radius 1 is 1.50 bits per heavy atom. The van der Waals surface area contributed by atoms with Gasteiger partial charge >= 0.3 is 5.97 Å². The molecule has 0 spiro atoms. The van der Waals surface area contributed by atoms with Crippen molar-refractivity contribution in [3.8, 4) is 0 Å². The molecule has 0 heterocycles. The molecule has 0 aromatic heterocycles. The normalized spacial score (nSPS) is 12.3. The van der Waals surface area contributed by atoms with Crippen molar-refractivity contribution in [1.82, 2.24) is 0 Å². The van der Waals surface area contributed by atoms with Crippen LogP contribution in [0.3, 0.4) is 0 Å². The number of halogens is 1. The minimum atomic E-state index is -1.48. The quantitative estimate of drug-likeness (QED) is 0.785. The fraction of sp³-hybridized carbons (Fsp3) is 0.417. The number of carbonyl (C=O) groups is 1.